The van der Waals surface area contributed by atoms with Gasteiger partial charge >= 0.3 is 11.8 Å². The molecule has 0 bridgehead atoms. The number of hydrogen-bond acceptors (Lipinski definition) is 2. The highest BCUT2D eigenvalue weighted by atomic mass is 16.2. The van der Waals surface area contributed by atoms with E-state index in [-0.39, 0.29) is 11.9 Å². The minimum Gasteiger partial charge on any atom is -0.345 e. The summed E-state index contributed by atoms with van der Waals surface area (Å²) in [5, 5.41) is 2.74. The molecular weight excluding hydrogens is 168 g/mol. The molecule has 2 amide bonds. The summed E-state index contributed by atoms with van der Waals surface area (Å²) in [5.41, 5.74) is 0. The molecule has 0 unspecified atom stereocenters. The highest BCUT2D eigenvalue weighted by molar-refractivity contribution is 6.35. The number of amides is 2. The Labute approximate surface area is 77.3 Å². The SMILES string of the molecule is O=C(NC1CCC1)C(=O)N1CCC1. The third kappa shape index (κ3) is 1.66. The topological polar surface area (TPSA) is 49.4 Å². The lowest BCUT2D eigenvalue weighted by atomic mass is 9.93. The van der Waals surface area contributed by atoms with E-state index >= 15 is 0 Å². The Bertz CT molecular complexity index is 232. The summed E-state index contributed by atoms with van der Waals surface area (Å²) < 4.78 is 0. The molecule has 72 valence electrons. The van der Waals surface area contributed by atoms with Crippen LogP contribution in [0.25, 0.3) is 0 Å². The summed E-state index contributed by atoms with van der Waals surface area (Å²) in [7, 11) is 0. The molecular formula is C9H14N2O2. The highest BCUT2D eigenvalue weighted by Crippen LogP contribution is 2.18. The van der Waals surface area contributed by atoms with Gasteiger partial charge in [0.05, 0.1) is 0 Å². The van der Waals surface area contributed by atoms with Gasteiger partial charge in [0.1, 0.15) is 0 Å². The molecule has 2 aliphatic rings. The van der Waals surface area contributed by atoms with Gasteiger partial charge in [0, 0.05) is 19.1 Å². The van der Waals surface area contributed by atoms with Crippen LogP contribution in [0.2, 0.25) is 0 Å². The molecule has 4 nitrogen and oxygen atoms in total. The van der Waals surface area contributed by atoms with Gasteiger partial charge in [-0.1, -0.05) is 0 Å². The number of rotatable bonds is 1. The normalized spacial score (nSPS) is 21.7. The second kappa shape index (κ2) is 3.36. The van der Waals surface area contributed by atoms with Gasteiger partial charge in [0.2, 0.25) is 0 Å². The zero-order chi connectivity index (χ0) is 9.26. The molecule has 0 atom stereocenters. The predicted molar refractivity (Wildman–Crippen MR) is 47.0 cm³/mol. The Morgan fingerprint density at radius 2 is 1.85 bits per heavy atom. The Hall–Kier alpha value is -1.06. The van der Waals surface area contributed by atoms with E-state index in [4.69, 9.17) is 0 Å². The van der Waals surface area contributed by atoms with E-state index in [1.807, 2.05) is 0 Å². The molecule has 4 heteroatoms. The first kappa shape index (κ1) is 8.53. The lowest BCUT2D eigenvalue weighted by Gasteiger charge is -2.32. The Morgan fingerprint density at radius 1 is 1.15 bits per heavy atom. The quantitative estimate of drug-likeness (QED) is 0.575. The molecule has 0 aromatic heterocycles. The first-order valence-electron chi connectivity index (χ1n) is 4.87. The van der Waals surface area contributed by atoms with Crippen LogP contribution in [-0.4, -0.2) is 35.8 Å². The molecule has 0 spiro atoms. The summed E-state index contributed by atoms with van der Waals surface area (Å²) in [6, 6.07) is 0.262. The van der Waals surface area contributed by atoms with Gasteiger partial charge < -0.3 is 10.2 Å². The van der Waals surface area contributed by atoms with Crippen LogP contribution in [0.4, 0.5) is 0 Å². The number of carbonyl (C=O) groups excluding carboxylic acids is 2. The summed E-state index contributed by atoms with van der Waals surface area (Å²) in [5.74, 6) is -0.762. The van der Waals surface area contributed by atoms with Gasteiger partial charge in [-0.2, -0.15) is 0 Å². The van der Waals surface area contributed by atoms with Crippen LogP contribution in [0, 0.1) is 0 Å². The van der Waals surface area contributed by atoms with Crippen molar-refractivity contribution in [3.05, 3.63) is 0 Å². The van der Waals surface area contributed by atoms with Gasteiger partial charge in [-0.15, -0.1) is 0 Å². The molecule has 1 N–H and O–H groups in total. The molecule has 0 radical (unpaired) electrons. The van der Waals surface area contributed by atoms with Crippen molar-refractivity contribution in [3.8, 4) is 0 Å². The van der Waals surface area contributed by atoms with Gasteiger partial charge in [-0.05, 0) is 25.7 Å². The first-order valence-corrected chi connectivity index (χ1v) is 4.87. The van der Waals surface area contributed by atoms with Crippen LogP contribution in [0.5, 0.6) is 0 Å². The average Bonchev–Trinajstić information content (AvgIpc) is 1.92. The number of likely N-dealkylation sites (tertiary alicyclic amines) is 1. The zero-order valence-corrected chi connectivity index (χ0v) is 7.58. The fourth-order valence-corrected chi connectivity index (χ4v) is 1.46. The van der Waals surface area contributed by atoms with Crippen LogP contribution in [0.3, 0.4) is 0 Å². The maximum Gasteiger partial charge on any atom is 0.311 e. The maximum absolute atomic E-state index is 11.3. The minimum absolute atomic E-state index is 0.262. The van der Waals surface area contributed by atoms with Gasteiger partial charge in [0.15, 0.2) is 0 Å². The number of nitrogens with one attached hydrogen (secondary N) is 1. The molecule has 13 heavy (non-hydrogen) atoms. The fraction of sp³-hybridized carbons (Fsp3) is 0.778. The van der Waals surface area contributed by atoms with E-state index in [0.29, 0.717) is 0 Å². The smallest absolute Gasteiger partial charge is 0.311 e. The third-order valence-electron chi connectivity index (χ3n) is 2.78. The molecule has 2 fully saturated rings. The van der Waals surface area contributed by atoms with Crippen molar-refractivity contribution in [3.63, 3.8) is 0 Å². The van der Waals surface area contributed by atoms with Crippen molar-refractivity contribution in [2.45, 2.75) is 31.7 Å². The van der Waals surface area contributed by atoms with Crippen molar-refractivity contribution in [2.75, 3.05) is 13.1 Å². The standard InChI is InChI=1S/C9H14N2O2/c12-8(10-7-3-1-4-7)9(13)11-5-2-6-11/h7H,1-6H2,(H,10,12). The van der Waals surface area contributed by atoms with Crippen molar-refractivity contribution < 1.29 is 9.59 Å². The van der Waals surface area contributed by atoms with Crippen molar-refractivity contribution in [1.29, 1.82) is 0 Å². The summed E-state index contributed by atoms with van der Waals surface area (Å²) in [4.78, 5) is 24.2. The molecule has 2 rings (SSSR count). The predicted octanol–water partition coefficient (Wildman–Crippen LogP) is -0.113. The van der Waals surface area contributed by atoms with E-state index in [0.717, 1.165) is 32.4 Å². The third-order valence-corrected chi connectivity index (χ3v) is 2.78. The van der Waals surface area contributed by atoms with Gasteiger partial charge in [-0.3, -0.25) is 9.59 Å². The van der Waals surface area contributed by atoms with Crippen molar-refractivity contribution in [2.24, 2.45) is 0 Å². The second-order valence-corrected chi connectivity index (χ2v) is 3.75. The Kier molecular flexibility index (Phi) is 2.20. The monoisotopic (exact) mass is 182 g/mol. The van der Waals surface area contributed by atoms with Crippen LogP contribution < -0.4 is 5.32 Å². The summed E-state index contributed by atoms with van der Waals surface area (Å²) in [6.45, 7) is 1.49. The molecule has 1 aliphatic carbocycles. The average molecular weight is 182 g/mol. The lowest BCUT2D eigenvalue weighted by Crippen LogP contribution is -2.52. The van der Waals surface area contributed by atoms with E-state index < -0.39 is 5.91 Å². The molecule has 1 saturated heterocycles. The number of nitrogens with zero attached hydrogens (tertiary/aromatic N) is 1. The van der Waals surface area contributed by atoms with E-state index in [2.05, 4.69) is 5.32 Å². The molecule has 1 heterocycles. The summed E-state index contributed by atoms with van der Waals surface area (Å²) in [6.07, 6.45) is 4.25. The lowest BCUT2D eigenvalue weighted by molar-refractivity contribution is -0.148. The largest absolute Gasteiger partial charge is 0.345 e. The van der Waals surface area contributed by atoms with Crippen LogP contribution >= 0.6 is 0 Å². The maximum atomic E-state index is 11.3. The first-order chi connectivity index (χ1) is 6.27. The molecule has 0 aromatic rings. The van der Waals surface area contributed by atoms with Crippen molar-refractivity contribution >= 4 is 11.8 Å². The van der Waals surface area contributed by atoms with Gasteiger partial charge in [0.25, 0.3) is 0 Å². The van der Waals surface area contributed by atoms with Crippen molar-refractivity contribution in [1.82, 2.24) is 10.2 Å². The Morgan fingerprint density at radius 3 is 2.23 bits per heavy atom. The van der Waals surface area contributed by atoms with Crippen LogP contribution in [0.15, 0.2) is 0 Å². The number of carbonyl (C=O) groups is 2. The highest BCUT2D eigenvalue weighted by Gasteiger charge is 2.29. The van der Waals surface area contributed by atoms with Crippen LogP contribution in [-0.2, 0) is 9.59 Å². The number of hydrogen-bond donors (Lipinski definition) is 1. The van der Waals surface area contributed by atoms with E-state index in [9.17, 15) is 9.59 Å². The molecule has 1 aliphatic heterocycles. The fourth-order valence-electron chi connectivity index (χ4n) is 1.46. The zero-order valence-electron chi connectivity index (χ0n) is 7.58. The van der Waals surface area contributed by atoms with E-state index in [1.165, 1.54) is 6.42 Å². The Balaban J connectivity index is 1.77. The minimum atomic E-state index is -0.413. The van der Waals surface area contributed by atoms with Gasteiger partial charge in [-0.25, -0.2) is 0 Å². The molecule has 0 aromatic carbocycles. The second-order valence-electron chi connectivity index (χ2n) is 3.75. The summed E-state index contributed by atoms with van der Waals surface area (Å²) >= 11 is 0. The molecule has 1 saturated carbocycles. The van der Waals surface area contributed by atoms with Crippen LogP contribution in [0.1, 0.15) is 25.7 Å². The van der Waals surface area contributed by atoms with E-state index in [1.54, 1.807) is 4.90 Å².